The summed E-state index contributed by atoms with van der Waals surface area (Å²) in [4.78, 5) is 11.1. The zero-order chi connectivity index (χ0) is 14.8. The summed E-state index contributed by atoms with van der Waals surface area (Å²) in [5.74, 6) is -0.0502. The topological polar surface area (TPSA) is 83.5 Å². The van der Waals surface area contributed by atoms with E-state index in [1.807, 2.05) is 0 Å². The first-order chi connectivity index (χ1) is 9.42. The van der Waals surface area contributed by atoms with Crippen LogP contribution in [0.25, 0.3) is 0 Å². The van der Waals surface area contributed by atoms with Gasteiger partial charge in [0.05, 0.1) is 10.5 Å². The maximum atomic E-state index is 12.3. The van der Waals surface area contributed by atoms with E-state index in [1.165, 1.54) is 25.1 Å². The molecule has 0 amide bonds. The van der Waals surface area contributed by atoms with Gasteiger partial charge in [-0.15, -0.1) is 0 Å². The summed E-state index contributed by atoms with van der Waals surface area (Å²) in [5, 5.41) is 9.35. The molecule has 1 aliphatic rings. The first kappa shape index (κ1) is 15.3. The van der Waals surface area contributed by atoms with Crippen molar-refractivity contribution in [2.45, 2.75) is 29.9 Å². The van der Waals surface area contributed by atoms with Crippen molar-refractivity contribution in [3.8, 4) is 0 Å². The van der Waals surface area contributed by atoms with Crippen LogP contribution in [0.5, 0.6) is 0 Å². The van der Waals surface area contributed by atoms with E-state index >= 15 is 0 Å². The predicted octanol–water partition coefficient (Wildman–Crippen LogP) is 1.87. The Balaban J connectivity index is 2.20. The molecule has 0 aromatic heterocycles. The fourth-order valence-corrected chi connectivity index (χ4v) is 4.88. The monoisotopic (exact) mass is 315 g/mol. The van der Waals surface area contributed by atoms with Crippen LogP contribution in [0, 0.1) is 6.92 Å². The van der Waals surface area contributed by atoms with Crippen molar-refractivity contribution in [1.29, 1.82) is 0 Å². The lowest BCUT2D eigenvalue weighted by Gasteiger charge is -2.13. The summed E-state index contributed by atoms with van der Waals surface area (Å²) in [6.45, 7) is 1.91. The summed E-state index contributed by atoms with van der Waals surface area (Å²) < 4.78 is 27.1. The first-order valence-corrected chi connectivity index (χ1v) is 8.89. The van der Waals surface area contributed by atoms with Crippen LogP contribution < -0.4 is 4.72 Å². The van der Waals surface area contributed by atoms with Crippen LogP contribution in [0.1, 0.15) is 28.8 Å². The van der Waals surface area contributed by atoms with Crippen LogP contribution in [-0.4, -0.2) is 37.0 Å². The van der Waals surface area contributed by atoms with Crippen LogP contribution in [0.3, 0.4) is 0 Å². The highest BCUT2D eigenvalue weighted by molar-refractivity contribution is 8.00. The van der Waals surface area contributed by atoms with Gasteiger partial charge in [-0.05, 0) is 43.2 Å². The largest absolute Gasteiger partial charge is 0.478 e. The fraction of sp³-hybridized carbons (Fsp3) is 0.462. The maximum absolute atomic E-state index is 12.3. The summed E-state index contributed by atoms with van der Waals surface area (Å²) in [7, 11) is -3.66. The van der Waals surface area contributed by atoms with Gasteiger partial charge in [-0.2, -0.15) is 11.8 Å². The molecule has 1 fully saturated rings. The lowest BCUT2D eigenvalue weighted by Crippen LogP contribution is -2.30. The Kier molecular flexibility index (Phi) is 4.72. The van der Waals surface area contributed by atoms with Gasteiger partial charge in [0.15, 0.2) is 0 Å². The molecule has 1 aliphatic heterocycles. The van der Waals surface area contributed by atoms with Crippen molar-refractivity contribution in [3.05, 3.63) is 29.3 Å². The van der Waals surface area contributed by atoms with Crippen molar-refractivity contribution in [1.82, 2.24) is 4.72 Å². The minimum atomic E-state index is -3.66. The molecule has 0 aliphatic carbocycles. The third kappa shape index (κ3) is 3.34. The van der Waals surface area contributed by atoms with Gasteiger partial charge >= 0.3 is 5.97 Å². The minimum absolute atomic E-state index is 0.0168. The number of hydrogen-bond acceptors (Lipinski definition) is 4. The molecule has 1 atom stereocenters. The Morgan fingerprint density at radius 1 is 1.50 bits per heavy atom. The second kappa shape index (κ2) is 6.15. The highest BCUT2D eigenvalue weighted by Crippen LogP contribution is 2.26. The molecular weight excluding hydrogens is 298 g/mol. The quantitative estimate of drug-likeness (QED) is 0.866. The van der Waals surface area contributed by atoms with Gasteiger partial charge in [-0.3, -0.25) is 0 Å². The molecule has 0 bridgehead atoms. The van der Waals surface area contributed by atoms with Crippen LogP contribution in [0.2, 0.25) is 0 Å². The molecule has 7 heteroatoms. The van der Waals surface area contributed by atoms with Gasteiger partial charge in [-0.1, -0.05) is 6.07 Å². The molecule has 2 N–H and O–H groups in total. The van der Waals surface area contributed by atoms with Crippen LogP contribution in [-0.2, 0) is 10.0 Å². The van der Waals surface area contributed by atoms with Crippen LogP contribution in [0.4, 0.5) is 0 Å². The van der Waals surface area contributed by atoms with Crippen molar-refractivity contribution < 1.29 is 18.3 Å². The van der Waals surface area contributed by atoms with E-state index in [0.717, 1.165) is 18.6 Å². The zero-order valence-corrected chi connectivity index (χ0v) is 12.8. The highest BCUT2D eigenvalue weighted by atomic mass is 32.2. The fourth-order valence-electron chi connectivity index (χ4n) is 2.22. The molecule has 0 spiro atoms. The molecule has 5 nitrogen and oxygen atoms in total. The van der Waals surface area contributed by atoms with E-state index in [9.17, 15) is 13.2 Å². The van der Waals surface area contributed by atoms with E-state index in [-0.39, 0.29) is 16.0 Å². The normalized spacial score (nSPS) is 19.1. The Bertz CT molecular complexity index is 607. The molecule has 1 heterocycles. The number of nitrogens with one attached hydrogen (secondary N) is 1. The summed E-state index contributed by atoms with van der Waals surface area (Å²) >= 11 is 1.77. The van der Waals surface area contributed by atoms with E-state index < -0.39 is 16.0 Å². The second-order valence-electron chi connectivity index (χ2n) is 4.72. The number of sulfonamides is 1. The molecule has 0 radical (unpaired) electrons. The number of benzene rings is 1. The van der Waals surface area contributed by atoms with E-state index in [2.05, 4.69) is 4.72 Å². The van der Waals surface area contributed by atoms with Crippen molar-refractivity contribution in [2.24, 2.45) is 0 Å². The van der Waals surface area contributed by atoms with Gasteiger partial charge in [0.1, 0.15) is 0 Å². The second-order valence-corrected chi connectivity index (χ2v) is 7.86. The highest BCUT2D eigenvalue weighted by Gasteiger charge is 2.23. The lowest BCUT2D eigenvalue weighted by molar-refractivity contribution is 0.0696. The van der Waals surface area contributed by atoms with Gasteiger partial charge in [0.2, 0.25) is 10.0 Å². The van der Waals surface area contributed by atoms with Crippen molar-refractivity contribution >= 4 is 27.8 Å². The molecule has 2 rings (SSSR count). The molecule has 1 saturated heterocycles. The number of thioether (sulfide) groups is 1. The molecule has 1 aromatic rings. The summed E-state index contributed by atoms with van der Waals surface area (Å²) in [6, 6.07) is 4.30. The van der Waals surface area contributed by atoms with E-state index in [1.54, 1.807) is 11.8 Å². The molecular formula is C13H17NO4S2. The standard InChI is InChI=1S/C13H17NO4S2/c1-9-11(13(15)16)5-2-6-12(9)20(17,18)14-8-10-4-3-7-19-10/h2,5-6,10,14H,3-4,7-8H2,1H3,(H,15,16). The molecule has 0 saturated carbocycles. The van der Waals surface area contributed by atoms with Gasteiger partial charge < -0.3 is 5.11 Å². The van der Waals surface area contributed by atoms with Gasteiger partial charge in [0.25, 0.3) is 0 Å². The minimum Gasteiger partial charge on any atom is -0.478 e. The summed E-state index contributed by atoms with van der Waals surface area (Å²) in [6.07, 6.45) is 2.13. The zero-order valence-electron chi connectivity index (χ0n) is 11.1. The Morgan fingerprint density at radius 3 is 2.85 bits per heavy atom. The maximum Gasteiger partial charge on any atom is 0.335 e. The Hall–Kier alpha value is -1.05. The average molecular weight is 315 g/mol. The molecule has 20 heavy (non-hydrogen) atoms. The SMILES string of the molecule is Cc1c(C(=O)O)cccc1S(=O)(=O)NCC1CCCS1. The Morgan fingerprint density at radius 2 is 2.25 bits per heavy atom. The van der Waals surface area contributed by atoms with Crippen LogP contribution >= 0.6 is 11.8 Å². The third-order valence-electron chi connectivity index (χ3n) is 3.33. The van der Waals surface area contributed by atoms with E-state index in [4.69, 9.17) is 5.11 Å². The predicted molar refractivity (Wildman–Crippen MR) is 78.8 cm³/mol. The Labute approximate surface area is 122 Å². The number of aromatic carboxylic acids is 1. The molecule has 1 aromatic carbocycles. The van der Waals surface area contributed by atoms with Crippen molar-refractivity contribution in [2.75, 3.05) is 12.3 Å². The van der Waals surface area contributed by atoms with Gasteiger partial charge in [0, 0.05) is 11.8 Å². The molecule has 1 unspecified atom stereocenters. The van der Waals surface area contributed by atoms with Gasteiger partial charge in [-0.25, -0.2) is 17.9 Å². The number of hydrogen-bond donors (Lipinski definition) is 2. The van der Waals surface area contributed by atoms with Crippen LogP contribution in [0.15, 0.2) is 23.1 Å². The third-order valence-corrected chi connectivity index (χ3v) is 6.30. The summed E-state index contributed by atoms with van der Waals surface area (Å²) in [5.41, 5.74) is 0.287. The first-order valence-electron chi connectivity index (χ1n) is 6.36. The number of carboxylic acid groups (broad SMARTS) is 1. The van der Waals surface area contributed by atoms with Crippen molar-refractivity contribution in [3.63, 3.8) is 0 Å². The smallest absolute Gasteiger partial charge is 0.335 e. The number of carbonyl (C=O) groups is 1. The number of rotatable bonds is 5. The number of carboxylic acids is 1. The average Bonchev–Trinajstić information content (AvgIpc) is 2.89. The molecule has 110 valence electrons. The van der Waals surface area contributed by atoms with E-state index in [0.29, 0.717) is 11.8 Å². The lowest BCUT2D eigenvalue weighted by atomic mass is 10.1.